The van der Waals surface area contributed by atoms with Gasteiger partial charge in [0, 0.05) is 26.2 Å². The highest BCUT2D eigenvalue weighted by atomic mass is 16.5. The number of nitrogens with zero attached hydrogens (tertiary/aromatic N) is 5. The van der Waals surface area contributed by atoms with Gasteiger partial charge in [-0.1, -0.05) is 17.7 Å². The Morgan fingerprint density at radius 2 is 1.90 bits per heavy atom. The first kappa shape index (κ1) is 19.0. The van der Waals surface area contributed by atoms with Gasteiger partial charge < -0.3 is 20.3 Å². The molecule has 1 aromatic carbocycles. The van der Waals surface area contributed by atoms with E-state index >= 15 is 0 Å². The lowest BCUT2D eigenvalue weighted by molar-refractivity contribution is -0.118. The van der Waals surface area contributed by atoms with Crippen LogP contribution in [0.25, 0.3) is 11.2 Å². The lowest BCUT2D eigenvalue weighted by Gasteiger charge is -2.27. The Balaban J connectivity index is 1.44. The zero-order chi connectivity index (χ0) is 20.2. The van der Waals surface area contributed by atoms with Gasteiger partial charge in [-0.05, 0) is 26.0 Å². The van der Waals surface area contributed by atoms with E-state index in [9.17, 15) is 4.79 Å². The Labute approximate surface area is 168 Å². The molecule has 2 N–H and O–H groups in total. The molecule has 0 unspecified atom stereocenters. The predicted molar refractivity (Wildman–Crippen MR) is 110 cm³/mol. The molecule has 1 aliphatic rings. The molecule has 150 valence electrons. The highest BCUT2D eigenvalue weighted by molar-refractivity contribution is 5.91. The highest BCUT2D eigenvalue weighted by Gasteiger charge is 2.16. The number of amides is 1. The lowest BCUT2D eigenvalue weighted by atomic mass is 10.2. The minimum atomic E-state index is -0.310. The first-order valence-electron chi connectivity index (χ1n) is 9.55. The fourth-order valence-corrected chi connectivity index (χ4v) is 3.06. The molecule has 0 saturated carbocycles. The zero-order valence-corrected chi connectivity index (χ0v) is 16.5. The Hall–Kier alpha value is -3.33. The van der Waals surface area contributed by atoms with Crippen molar-refractivity contribution in [1.29, 1.82) is 0 Å². The van der Waals surface area contributed by atoms with Gasteiger partial charge in [0.25, 0.3) is 5.91 Å². The summed E-state index contributed by atoms with van der Waals surface area (Å²) in [7, 11) is 0. The summed E-state index contributed by atoms with van der Waals surface area (Å²) in [5.74, 6) is 1.33. The average Bonchev–Trinajstić information content (AvgIpc) is 2.74. The summed E-state index contributed by atoms with van der Waals surface area (Å²) in [6.07, 6.45) is 1.50. The summed E-state index contributed by atoms with van der Waals surface area (Å²) in [6, 6.07) is 7.52. The fraction of sp³-hybridized carbons (Fsp3) is 0.350. The maximum Gasteiger partial charge on any atom is 0.263 e. The second-order valence-electron chi connectivity index (χ2n) is 6.92. The van der Waals surface area contributed by atoms with E-state index in [2.05, 4.69) is 35.5 Å². The molecule has 0 atom stereocenters. The van der Waals surface area contributed by atoms with Crippen LogP contribution in [0.5, 0.6) is 5.75 Å². The Morgan fingerprint density at radius 3 is 2.66 bits per heavy atom. The number of benzene rings is 1. The molecule has 1 amide bonds. The van der Waals surface area contributed by atoms with Crippen LogP contribution >= 0.6 is 0 Å². The molecule has 0 aliphatic carbocycles. The van der Waals surface area contributed by atoms with E-state index < -0.39 is 0 Å². The maximum absolute atomic E-state index is 12.2. The number of ether oxygens (including phenoxy) is 1. The van der Waals surface area contributed by atoms with E-state index in [1.54, 1.807) is 0 Å². The Bertz CT molecular complexity index is 1020. The molecule has 1 fully saturated rings. The molecule has 0 radical (unpaired) electrons. The highest BCUT2D eigenvalue weighted by Crippen LogP contribution is 2.18. The van der Waals surface area contributed by atoms with Gasteiger partial charge in [0.1, 0.15) is 11.3 Å². The van der Waals surface area contributed by atoms with Crippen molar-refractivity contribution in [2.45, 2.75) is 13.8 Å². The van der Waals surface area contributed by atoms with E-state index in [0.29, 0.717) is 28.7 Å². The van der Waals surface area contributed by atoms with Crippen LogP contribution in [0.1, 0.15) is 11.3 Å². The molecule has 9 nitrogen and oxygen atoms in total. The van der Waals surface area contributed by atoms with Crippen LogP contribution < -0.4 is 20.3 Å². The smallest absolute Gasteiger partial charge is 0.263 e. The van der Waals surface area contributed by atoms with Crippen LogP contribution in [0.4, 0.5) is 11.8 Å². The Kier molecular flexibility index (Phi) is 5.48. The zero-order valence-electron chi connectivity index (χ0n) is 16.5. The summed E-state index contributed by atoms with van der Waals surface area (Å²) in [5, 5.41) is 6.02. The first-order chi connectivity index (χ1) is 14.1. The van der Waals surface area contributed by atoms with Gasteiger partial charge in [-0.3, -0.25) is 4.79 Å². The topological polar surface area (TPSA) is 105 Å². The third-order valence-electron chi connectivity index (χ3n) is 4.63. The van der Waals surface area contributed by atoms with Crippen molar-refractivity contribution in [3.8, 4) is 5.75 Å². The quantitative estimate of drug-likeness (QED) is 0.671. The Morgan fingerprint density at radius 1 is 1.14 bits per heavy atom. The molecule has 3 aromatic rings. The van der Waals surface area contributed by atoms with Crippen molar-refractivity contribution in [2.24, 2.45) is 0 Å². The van der Waals surface area contributed by atoms with Crippen molar-refractivity contribution in [1.82, 2.24) is 25.3 Å². The van der Waals surface area contributed by atoms with E-state index in [1.807, 2.05) is 38.1 Å². The van der Waals surface area contributed by atoms with E-state index in [-0.39, 0.29) is 12.5 Å². The molecule has 9 heteroatoms. The first-order valence-corrected chi connectivity index (χ1v) is 9.55. The van der Waals surface area contributed by atoms with Crippen LogP contribution in [0, 0.1) is 13.8 Å². The molecular weight excluding hydrogens is 370 g/mol. The van der Waals surface area contributed by atoms with Crippen molar-refractivity contribution >= 4 is 28.8 Å². The molecule has 1 aliphatic heterocycles. The average molecular weight is 393 g/mol. The molecule has 1 saturated heterocycles. The number of anilines is 2. The second kappa shape index (κ2) is 8.36. The summed E-state index contributed by atoms with van der Waals surface area (Å²) in [4.78, 5) is 32.3. The van der Waals surface area contributed by atoms with E-state index in [0.717, 1.165) is 37.4 Å². The number of hydrogen-bond donors (Lipinski definition) is 2. The largest absolute Gasteiger partial charge is 0.484 e. The SMILES string of the molecule is Cc1ccc(OCC(=O)Nc2cnc3nc(N4CCNCC4)nc(C)c3n2)cc1. The van der Waals surface area contributed by atoms with Gasteiger partial charge in [0.15, 0.2) is 18.1 Å². The lowest BCUT2D eigenvalue weighted by Crippen LogP contribution is -2.44. The number of aromatic nitrogens is 4. The van der Waals surface area contributed by atoms with Crippen LogP contribution in [-0.4, -0.2) is 58.6 Å². The van der Waals surface area contributed by atoms with Crippen LogP contribution in [-0.2, 0) is 4.79 Å². The summed E-state index contributed by atoms with van der Waals surface area (Å²) >= 11 is 0. The van der Waals surface area contributed by atoms with Gasteiger partial charge in [0.2, 0.25) is 5.95 Å². The number of aryl methyl sites for hydroxylation is 2. The third-order valence-corrected chi connectivity index (χ3v) is 4.63. The van der Waals surface area contributed by atoms with Crippen LogP contribution in [0.3, 0.4) is 0 Å². The molecule has 29 heavy (non-hydrogen) atoms. The summed E-state index contributed by atoms with van der Waals surface area (Å²) in [5.41, 5.74) is 2.94. The maximum atomic E-state index is 12.2. The molecule has 4 rings (SSSR count). The van der Waals surface area contributed by atoms with Gasteiger partial charge in [0.05, 0.1) is 11.9 Å². The van der Waals surface area contributed by atoms with E-state index in [1.165, 1.54) is 6.20 Å². The summed E-state index contributed by atoms with van der Waals surface area (Å²) < 4.78 is 5.49. The normalized spacial score (nSPS) is 14.1. The number of hydrogen-bond acceptors (Lipinski definition) is 8. The van der Waals surface area contributed by atoms with Crippen molar-refractivity contribution in [2.75, 3.05) is 43.0 Å². The standard InChI is InChI=1S/C20H23N7O2/c1-13-3-5-15(6-4-13)29-12-17(28)24-16-11-22-19-18(25-16)14(2)23-20(26-19)27-9-7-21-8-10-27/h3-6,11,21H,7-10,12H2,1-2H3,(H,24,25,28). The predicted octanol–water partition coefficient (Wildman–Crippen LogP) is 1.46. The van der Waals surface area contributed by atoms with Crippen molar-refractivity contribution in [3.05, 3.63) is 41.7 Å². The van der Waals surface area contributed by atoms with Gasteiger partial charge in [-0.15, -0.1) is 0 Å². The fourth-order valence-electron chi connectivity index (χ4n) is 3.06. The van der Waals surface area contributed by atoms with Crippen molar-refractivity contribution in [3.63, 3.8) is 0 Å². The van der Waals surface area contributed by atoms with Gasteiger partial charge in [-0.25, -0.2) is 15.0 Å². The summed E-state index contributed by atoms with van der Waals surface area (Å²) in [6.45, 7) is 7.27. The molecular formula is C20H23N7O2. The number of carbonyl (C=O) groups is 1. The minimum absolute atomic E-state index is 0.111. The van der Waals surface area contributed by atoms with E-state index in [4.69, 9.17) is 4.74 Å². The van der Waals surface area contributed by atoms with Crippen LogP contribution in [0.2, 0.25) is 0 Å². The number of piperazine rings is 1. The molecule has 2 aromatic heterocycles. The third kappa shape index (κ3) is 4.57. The number of carbonyl (C=O) groups excluding carboxylic acids is 1. The van der Waals surface area contributed by atoms with Gasteiger partial charge >= 0.3 is 0 Å². The van der Waals surface area contributed by atoms with Crippen molar-refractivity contribution < 1.29 is 9.53 Å². The number of nitrogens with one attached hydrogen (secondary N) is 2. The number of rotatable bonds is 5. The molecule has 3 heterocycles. The second-order valence-corrected chi connectivity index (χ2v) is 6.92. The van der Waals surface area contributed by atoms with Crippen LogP contribution in [0.15, 0.2) is 30.5 Å². The monoisotopic (exact) mass is 393 g/mol. The number of fused-ring (bicyclic) bond motifs is 1. The van der Waals surface area contributed by atoms with Gasteiger partial charge in [-0.2, -0.15) is 4.98 Å². The minimum Gasteiger partial charge on any atom is -0.484 e. The molecule has 0 spiro atoms. The molecule has 0 bridgehead atoms.